The van der Waals surface area contributed by atoms with Gasteiger partial charge in [-0.1, -0.05) is 23.7 Å². The second kappa shape index (κ2) is 9.97. The Kier molecular flexibility index (Phi) is 6.85. The summed E-state index contributed by atoms with van der Waals surface area (Å²) < 4.78 is 22.5. The molecule has 1 amide bonds. The standard InChI is InChI=1S/C22H19ClN4O5S/c1-29-17-10-13(9-14-20(24)27-22(26-21(14)28)33-12-25-27)11-18(30-2)19(17)32-8-7-31-16-6-4-3-5-15(16)23/h3-6,9-12,24H,7-8H2,1-2H3/b14-9+,24-20?. The molecule has 0 saturated carbocycles. The SMILES string of the molecule is COc1cc(/C=C2\C(=N)N3N=CSC3=NC2=O)cc(OC)c1OCCOc1ccccc1Cl. The minimum absolute atomic E-state index is 0.0544. The van der Waals surface area contributed by atoms with E-state index in [1.54, 1.807) is 30.3 Å². The Bertz CT molecular complexity index is 1170. The van der Waals surface area contributed by atoms with Crippen molar-refractivity contribution in [1.29, 1.82) is 5.41 Å². The average molecular weight is 487 g/mol. The van der Waals surface area contributed by atoms with Gasteiger partial charge in [-0.05, 0) is 47.7 Å². The molecule has 0 unspecified atom stereocenters. The zero-order valence-corrected chi connectivity index (χ0v) is 19.3. The number of carbonyl (C=O) groups excluding carboxylic acids is 1. The number of hydrogen-bond acceptors (Lipinski definition) is 8. The fraction of sp³-hybridized carbons (Fsp3) is 0.182. The molecule has 9 nitrogen and oxygen atoms in total. The number of nitrogens with zero attached hydrogens (tertiary/aromatic N) is 3. The van der Waals surface area contributed by atoms with Gasteiger partial charge < -0.3 is 18.9 Å². The Labute approximate surface area is 199 Å². The van der Waals surface area contributed by atoms with Crippen molar-refractivity contribution < 1.29 is 23.7 Å². The number of thioether (sulfide) groups is 1. The number of nitrogens with one attached hydrogen (secondary N) is 1. The smallest absolute Gasteiger partial charge is 0.283 e. The summed E-state index contributed by atoms with van der Waals surface area (Å²) >= 11 is 7.28. The van der Waals surface area contributed by atoms with E-state index in [2.05, 4.69) is 10.1 Å². The van der Waals surface area contributed by atoms with Gasteiger partial charge in [-0.25, -0.2) is 0 Å². The van der Waals surface area contributed by atoms with Crippen LogP contribution in [0.5, 0.6) is 23.0 Å². The first-order valence-electron chi connectivity index (χ1n) is 9.71. The summed E-state index contributed by atoms with van der Waals surface area (Å²) in [5, 5.41) is 14.5. The molecule has 4 rings (SSSR count). The van der Waals surface area contributed by atoms with Crippen LogP contribution in [0.3, 0.4) is 0 Å². The van der Waals surface area contributed by atoms with E-state index >= 15 is 0 Å². The third-order valence-corrected chi connectivity index (χ3v) is 5.60. The van der Waals surface area contributed by atoms with Gasteiger partial charge in [0.2, 0.25) is 5.75 Å². The molecule has 2 aromatic rings. The summed E-state index contributed by atoms with van der Waals surface area (Å²) in [7, 11) is 3.00. The topological polar surface area (TPSA) is 106 Å². The lowest BCUT2D eigenvalue weighted by atomic mass is 10.1. The van der Waals surface area contributed by atoms with E-state index in [1.807, 2.05) is 12.1 Å². The summed E-state index contributed by atoms with van der Waals surface area (Å²) in [4.78, 5) is 16.4. The molecule has 170 valence electrons. The van der Waals surface area contributed by atoms with Crippen LogP contribution in [0.4, 0.5) is 0 Å². The van der Waals surface area contributed by atoms with Crippen LogP contribution in [-0.4, -0.2) is 54.9 Å². The molecule has 2 aliphatic rings. The van der Waals surface area contributed by atoms with E-state index in [4.69, 9.17) is 36.0 Å². The number of hydrazone groups is 1. The minimum Gasteiger partial charge on any atom is -0.493 e. The number of amidine groups is 2. The first-order chi connectivity index (χ1) is 16.0. The van der Waals surface area contributed by atoms with Gasteiger partial charge in [-0.3, -0.25) is 10.2 Å². The molecule has 0 aromatic heterocycles. The molecule has 0 spiro atoms. The van der Waals surface area contributed by atoms with E-state index in [0.29, 0.717) is 38.8 Å². The zero-order chi connectivity index (χ0) is 23.4. The van der Waals surface area contributed by atoms with Crippen LogP contribution in [0.25, 0.3) is 6.08 Å². The highest BCUT2D eigenvalue weighted by atomic mass is 35.5. The lowest BCUT2D eigenvalue weighted by Gasteiger charge is -2.20. The van der Waals surface area contributed by atoms with Gasteiger partial charge in [0, 0.05) is 0 Å². The summed E-state index contributed by atoms with van der Waals surface area (Å²) in [5.41, 5.74) is 2.20. The number of aliphatic imine (C=N–C) groups is 1. The maximum atomic E-state index is 12.4. The number of methoxy groups -OCH3 is 2. The van der Waals surface area contributed by atoms with Crippen molar-refractivity contribution in [1.82, 2.24) is 5.01 Å². The predicted molar refractivity (Wildman–Crippen MR) is 128 cm³/mol. The zero-order valence-electron chi connectivity index (χ0n) is 17.7. The van der Waals surface area contributed by atoms with Crippen LogP contribution < -0.4 is 18.9 Å². The van der Waals surface area contributed by atoms with Gasteiger partial charge in [0.1, 0.15) is 19.0 Å². The maximum absolute atomic E-state index is 12.4. The van der Waals surface area contributed by atoms with Crippen LogP contribution in [0, 0.1) is 5.41 Å². The predicted octanol–water partition coefficient (Wildman–Crippen LogP) is 4.06. The largest absolute Gasteiger partial charge is 0.493 e. The summed E-state index contributed by atoms with van der Waals surface area (Å²) in [6, 6.07) is 10.5. The van der Waals surface area contributed by atoms with E-state index < -0.39 is 5.91 Å². The van der Waals surface area contributed by atoms with E-state index in [-0.39, 0.29) is 24.6 Å². The number of hydrogen-bond donors (Lipinski definition) is 1. The Morgan fingerprint density at radius 1 is 1.09 bits per heavy atom. The van der Waals surface area contributed by atoms with Crippen molar-refractivity contribution in [2.45, 2.75) is 0 Å². The minimum atomic E-state index is -0.515. The van der Waals surface area contributed by atoms with E-state index in [9.17, 15) is 4.79 Å². The lowest BCUT2D eigenvalue weighted by molar-refractivity contribution is -0.114. The molecule has 0 aliphatic carbocycles. The summed E-state index contributed by atoms with van der Waals surface area (Å²) in [5.74, 6) is 1.17. The van der Waals surface area contributed by atoms with Gasteiger partial charge in [-0.15, -0.1) is 0 Å². The Morgan fingerprint density at radius 2 is 1.79 bits per heavy atom. The third kappa shape index (κ3) is 4.81. The van der Waals surface area contributed by atoms with Crippen molar-refractivity contribution in [3.63, 3.8) is 0 Å². The molecule has 0 fully saturated rings. The number of halogens is 1. The fourth-order valence-corrected chi connectivity index (χ4v) is 3.89. The fourth-order valence-electron chi connectivity index (χ4n) is 3.09. The van der Waals surface area contributed by atoms with Crippen molar-refractivity contribution in [2.24, 2.45) is 10.1 Å². The molecule has 33 heavy (non-hydrogen) atoms. The number of rotatable bonds is 8. The Morgan fingerprint density at radius 3 is 2.48 bits per heavy atom. The van der Waals surface area contributed by atoms with Gasteiger partial charge in [0.15, 0.2) is 22.5 Å². The molecule has 0 saturated heterocycles. The number of carbonyl (C=O) groups is 1. The maximum Gasteiger partial charge on any atom is 0.283 e. The molecular formula is C22H19ClN4O5S. The van der Waals surface area contributed by atoms with Crippen LogP contribution in [-0.2, 0) is 4.79 Å². The van der Waals surface area contributed by atoms with Gasteiger partial charge in [0.05, 0.1) is 30.4 Å². The van der Waals surface area contributed by atoms with Crippen LogP contribution in [0.2, 0.25) is 5.02 Å². The highest BCUT2D eigenvalue weighted by Gasteiger charge is 2.32. The Hall–Kier alpha value is -3.50. The van der Waals surface area contributed by atoms with E-state index in [0.717, 1.165) is 0 Å². The molecule has 0 atom stereocenters. The molecule has 2 aliphatic heterocycles. The lowest BCUT2D eigenvalue weighted by Crippen LogP contribution is -2.35. The van der Waals surface area contributed by atoms with Crippen LogP contribution in [0.15, 0.2) is 52.1 Å². The van der Waals surface area contributed by atoms with Crippen molar-refractivity contribution in [3.8, 4) is 23.0 Å². The monoisotopic (exact) mass is 486 g/mol. The first-order valence-corrected chi connectivity index (χ1v) is 11.0. The number of fused-ring (bicyclic) bond motifs is 1. The molecule has 2 aromatic carbocycles. The second-order valence-electron chi connectivity index (χ2n) is 6.64. The number of ether oxygens (including phenoxy) is 4. The molecule has 11 heteroatoms. The number of benzene rings is 2. The van der Waals surface area contributed by atoms with Gasteiger partial charge >= 0.3 is 0 Å². The first kappa shape index (κ1) is 22.7. The molecule has 0 bridgehead atoms. The number of para-hydroxylation sites is 1. The number of amides is 1. The van der Waals surface area contributed by atoms with Gasteiger partial charge in [0.25, 0.3) is 5.91 Å². The highest BCUT2D eigenvalue weighted by Crippen LogP contribution is 2.39. The highest BCUT2D eigenvalue weighted by molar-refractivity contribution is 8.25. The molecule has 0 radical (unpaired) electrons. The van der Waals surface area contributed by atoms with Crippen LogP contribution >= 0.6 is 23.4 Å². The molecular weight excluding hydrogens is 468 g/mol. The Balaban J connectivity index is 1.53. The molecule has 1 N–H and O–H groups in total. The van der Waals surface area contributed by atoms with Crippen LogP contribution in [0.1, 0.15) is 5.56 Å². The molecule has 2 heterocycles. The van der Waals surface area contributed by atoms with Crippen molar-refractivity contribution in [3.05, 3.63) is 52.6 Å². The average Bonchev–Trinajstić information content (AvgIpc) is 3.29. The summed E-state index contributed by atoms with van der Waals surface area (Å²) in [6.45, 7) is 0.464. The van der Waals surface area contributed by atoms with E-state index in [1.165, 1.54) is 36.5 Å². The summed E-state index contributed by atoms with van der Waals surface area (Å²) in [6.07, 6.45) is 1.54. The van der Waals surface area contributed by atoms with Crippen molar-refractivity contribution in [2.75, 3.05) is 27.4 Å². The van der Waals surface area contributed by atoms with Crippen molar-refractivity contribution >= 4 is 51.9 Å². The van der Waals surface area contributed by atoms with Gasteiger partial charge in [-0.2, -0.15) is 15.1 Å². The third-order valence-electron chi connectivity index (χ3n) is 4.61. The second-order valence-corrected chi connectivity index (χ2v) is 7.86. The normalized spacial score (nSPS) is 16.0. The quantitative estimate of drug-likeness (QED) is 0.443.